The molecule has 0 radical (unpaired) electrons. The number of amides is 1. The molecule has 0 spiro atoms. The molecule has 30 heavy (non-hydrogen) atoms. The Balaban J connectivity index is 1.47. The number of carbonyl (C=O) groups excluding carboxylic acids is 1. The number of carbonyl (C=O) groups is 1. The fraction of sp³-hybridized carbons (Fsp3) is 0.238. The van der Waals surface area contributed by atoms with E-state index in [4.69, 9.17) is 25.6 Å². The minimum absolute atomic E-state index is 0.0353. The number of halogens is 1. The first-order valence-electron chi connectivity index (χ1n) is 9.33. The molecular weight excluding hydrogens is 408 g/mol. The number of ether oxygens (including phenoxy) is 2. The Hall–Kier alpha value is -3.39. The van der Waals surface area contributed by atoms with Gasteiger partial charge in [-0.3, -0.25) is 9.78 Å². The van der Waals surface area contributed by atoms with E-state index in [-0.39, 0.29) is 18.6 Å². The van der Waals surface area contributed by atoms with Crippen LogP contribution in [0.25, 0.3) is 17.5 Å². The lowest BCUT2D eigenvalue weighted by atomic mass is 10.0. The lowest BCUT2D eigenvalue weighted by Crippen LogP contribution is -2.30. The van der Waals surface area contributed by atoms with E-state index in [0.717, 1.165) is 11.1 Å². The molecule has 8 nitrogen and oxygen atoms in total. The van der Waals surface area contributed by atoms with Crippen molar-refractivity contribution in [2.75, 3.05) is 6.79 Å². The normalized spacial score (nSPS) is 13.7. The Morgan fingerprint density at radius 1 is 1.23 bits per heavy atom. The minimum atomic E-state index is -0.439. The predicted molar refractivity (Wildman–Crippen MR) is 110 cm³/mol. The van der Waals surface area contributed by atoms with E-state index >= 15 is 0 Å². The van der Waals surface area contributed by atoms with E-state index in [1.165, 1.54) is 6.08 Å². The maximum absolute atomic E-state index is 12.5. The van der Waals surface area contributed by atoms with Crippen molar-refractivity contribution >= 4 is 23.6 Å². The number of fused-ring (bicyclic) bond motifs is 1. The van der Waals surface area contributed by atoms with Crippen LogP contribution in [-0.2, 0) is 4.79 Å². The SMILES string of the molecule is CC(C)C(NC(=O)/C=C/c1cc(Cl)c2c(c1)OCO2)c1nc(-c2ccncc2)no1. The number of aromatic nitrogens is 3. The van der Waals surface area contributed by atoms with Crippen molar-refractivity contribution in [2.24, 2.45) is 5.92 Å². The van der Waals surface area contributed by atoms with Crippen LogP contribution < -0.4 is 14.8 Å². The van der Waals surface area contributed by atoms with Crippen LogP contribution in [0.4, 0.5) is 0 Å². The van der Waals surface area contributed by atoms with E-state index in [0.29, 0.717) is 28.2 Å². The van der Waals surface area contributed by atoms with Gasteiger partial charge >= 0.3 is 0 Å². The lowest BCUT2D eigenvalue weighted by Gasteiger charge is -2.17. The number of rotatable bonds is 6. The standard InChI is InChI=1S/C21H19ClN4O4/c1-12(2)18(21-25-20(26-30-21)14-5-7-23-8-6-14)24-17(27)4-3-13-9-15(22)19-16(10-13)28-11-29-19/h3-10,12,18H,11H2,1-2H3,(H,24,27)/b4-3+. The summed E-state index contributed by atoms with van der Waals surface area (Å²) in [6.45, 7) is 4.05. The summed E-state index contributed by atoms with van der Waals surface area (Å²) in [4.78, 5) is 20.9. The number of pyridine rings is 1. The Labute approximate surface area is 177 Å². The second-order valence-corrected chi connectivity index (χ2v) is 7.40. The molecule has 3 aromatic rings. The van der Waals surface area contributed by atoms with Crippen LogP contribution in [0.1, 0.15) is 31.3 Å². The monoisotopic (exact) mass is 426 g/mol. The van der Waals surface area contributed by atoms with Gasteiger partial charge in [0, 0.05) is 24.0 Å². The highest BCUT2D eigenvalue weighted by molar-refractivity contribution is 6.32. The maximum atomic E-state index is 12.5. The smallest absolute Gasteiger partial charge is 0.249 e. The van der Waals surface area contributed by atoms with Gasteiger partial charge in [0.1, 0.15) is 6.04 Å². The zero-order valence-corrected chi connectivity index (χ0v) is 17.1. The van der Waals surface area contributed by atoms with Gasteiger partial charge in [-0.2, -0.15) is 4.98 Å². The van der Waals surface area contributed by atoms with Gasteiger partial charge in [0.05, 0.1) is 5.02 Å². The maximum Gasteiger partial charge on any atom is 0.249 e. The summed E-state index contributed by atoms with van der Waals surface area (Å²) in [5.41, 5.74) is 1.51. The van der Waals surface area contributed by atoms with Crippen molar-refractivity contribution in [3.8, 4) is 22.9 Å². The second kappa shape index (κ2) is 8.54. The van der Waals surface area contributed by atoms with Crippen LogP contribution in [0.15, 0.2) is 47.3 Å². The number of nitrogens with one attached hydrogen (secondary N) is 1. The van der Waals surface area contributed by atoms with Gasteiger partial charge in [0.2, 0.25) is 24.4 Å². The topological polar surface area (TPSA) is 99.4 Å². The van der Waals surface area contributed by atoms with Crippen molar-refractivity contribution in [1.82, 2.24) is 20.4 Å². The molecule has 1 atom stereocenters. The van der Waals surface area contributed by atoms with Gasteiger partial charge < -0.3 is 19.3 Å². The van der Waals surface area contributed by atoms with Crippen LogP contribution in [0.2, 0.25) is 5.02 Å². The molecule has 0 saturated heterocycles. The number of nitrogens with zero attached hydrogens (tertiary/aromatic N) is 3. The average Bonchev–Trinajstić information content (AvgIpc) is 3.41. The molecule has 2 aromatic heterocycles. The molecular formula is C21H19ClN4O4. The Bertz CT molecular complexity index is 1080. The summed E-state index contributed by atoms with van der Waals surface area (Å²) in [5, 5.41) is 7.35. The third-order valence-electron chi connectivity index (χ3n) is 4.49. The second-order valence-electron chi connectivity index (χ2n) is 6.99. The molecule has 1 amide bonds. The van der Waals surface area contributed by atoms with Crippen molar-refractivity contribution < 1.29 is 18.8 Å². The van der Waals surface area contributed by atoms with Gasteiger partial charge in [-0.15, -0.1) is 0 Å². The molecule has 1 aliphatic heterocycles. The van der Waals surface area contributed by atoms with Gasteiger partial charge in [-0.05, 0) is 41.8 Å². The van der Waals surface area contributed by atoms with Crippen molar-refractivity contribution in [3.63, 3.8) is 0 Å². The van der Waals surface area contributed by atoms with E-state index in [9.17, 15) is 4.79 Å². The van der Waals surface area contributed by atoms with Gasteiger partial charge in [0.15, 0.2) is 11.5 Å². The molecule has 1 aliphatic rings. The van der Waals surface area contributed by atoms with Crippen molar-refractivity contribution in [1.29, 1.82) is 0 Å². The fourth-order valence-electron chi connectivity index (χ4n) is 2.95. The molecule has 0 saturated carbocycles. The Morgan fingerprint density at radius 3 is 2.80 bits per heavy atom. The molecule has 1 unspecified atom stereocenters. The Morgan fingerprint density at radius 2 is 2.03 bits per heavy atom. The molecule has 0 bridgehead atoms. The van der Waals surface area contributed by atoms with E-state index in [1.54, 1.807) is 42.7 Å². The van der Waals surface area contributed by atoms with E-state index in [1.807, 2.05) is 13.8 Å². The first-order valence-corrected chi connectivity index (χ1v) is 9.71. The summed E-state index contributed by atoms with van der Waals surface area (Å²) in [6.07, 6.45) is 6.38. The van der Waals surface area contributed by atoms with Crippen LogP contribution in [-0.4, -0.2) is 27.8 Å². The summed E-state index contributed by atoms with van der Waals surface area (Å²) in [5.74, 6) is 1.58. The molecule has 0 fully saturated rings. The fourth-order valence-corrected chi connectivity index (χ4v) is 3.22. The van der Waals surface area contributed by atoms with E-state index < -0.39 is 6.04 Å². The molecule has 3 heterocycles. The average molecular weight is 427 g/mol. The number of benzene rings is 1. The first kappa shape index (κ1) is 19.9. The third kappa shape index (κ3) is 4.28. The van der Waals surface area contributed by atoms with Crippen molar-refractivity contribution in [2.45, 2.75) is 19.9 Å². The zero-order chi connectivity index (χ0) is 21.1. The van der Waals surface area contributed by atoms with Gasteiger partial charge in [0.25, 0.3) is 0 Å². The van der Waals surface area contributed by atoms with Crippen LogP contribution in [0, 0.1) is 5.92 Å². The molecule has 9 heteroatoms. The molecule has 1 aromatic carbocycles. The highest BCUT2D eigenvalue weighted by Crippen LogP contribution is 2.40. The molecule has 4 rings (SSSR count). The third-order valence-corrected chi connectivity index (χ3v) is 4.77. The summed E-state index contributed by atoms with van der Waals surface area (Å²) in [6, 6.07) is 6.60. The van der Waals surface area contributed by atoms with Crippen molar-refractivity contribution in [3.05, 3.63) is 59.2 Å². The number of hydrogen-bond donors (Lipinski definition) is 1. The zero-order valence-electron chi connectivity index (χ0n) is 16.3. The highest BCUT2D eigenvalue weighted by Gasteiger charge is 2.24. The summed E-state index contributed by atoms with van der Waals surface area (Å²) < 4.78 is 16.0. The lowest BCUT2D eigenvalue weighted by molar-refractivity contribution is -0.117. The largest absolute Gasteiger partial charge is 0.454 e. The quantitative estimate of drug-likeness (QED) is 0.593. The predicted octanol–water partition coefficient (Wildman–Crippen LogP) is 4.04. The van der Waals surface area contributed by atoms with Crippen LogP contribution in [0.3, 0.4) is 0 Å². The first-order chi connectivity index (χ1) is 14.5. The van der Waals surface area contributed by atoms with Crippen LogP contribution >= 0.6 is 11.6 Å². The van der Waals surface area contributed by atoms with Gasteiger partial charge in [-0.25, -0.2) is 0 Å². The summed E-state index contributed by atoms with van der Waals surface area (Å²) in [7, 11) is 0. The molecule has 0 aliphatic carbocycles. The van der Waals surface area contributed by atoms with Gasteiger partial charge in [-0.1, -0.05) is 30.6 Å². The highest BCUT2D eigenvalue weighted by atomic mass is 35.5. The van der Waals surface area contributed by atoms with Crippen LogP contribution in [0.5, 0.6) is 11.5 Å². The number of hydrogen-bond acceptors (Lipinski definition) is 7. The van der Waals surface area contributed by atoms with E-state index in [2.05, 4.69) is 20.4 Å². The molecule has 1 N–H and O–H groups in total. The Kier molecular flexibility index (Phi) is 5.67. The summed E-state index contributed by atoms with van der Waals surface area (Å²) >= 11 is 6.18. The minimum Gasteiger partial charge on any atom is -0.454 e. The molecule has 154 valence electrons.